The highest BCUT2D eigenvalue weighted by Gasteiger charge is 2.34. The molecule has 0 spiro atoms. The molecule has 138 valence electrons. The molecule has 0 aliphatic carbocycles. The summed E-state index contributed by atoms with van der Waals surface area (Å²) in [6.07, 6.45) is 0.413. The summed E-state index contributed by atoms with van der Waals surface area (Å²) in [5, 5.41) is 21.1. The van der Waals surface area contributed by atoms with E-state index in [1.54, 1.807) is 6.92 Å². The number of carbonyl (C=O) groups excluding carboxylic acids is 2. The van der Waals surface area contributed by atoms with E-state index in [0.29, 0.717) is 12.0 Å². The van der Waals surface area contributed by atoms with Crippen LogP contribution in [0.5, 0.6) is 0 Å². The normalized spacial score (nSPS) is 15.4. The van der Waals surface area contributed by atoms with Gasteiger partial charge in [0.05, 0.1) is 24.4 Å². The van der Waals surface area contributed by atoms with Crippen molar-refractivity contribution < 1.29 is 29.3 Å². The van der Waals surface area contributed by atoms with Gasteiger partial charge < -0.3 is 25.2 Å². The summed E-state index contributed by atoms with van der Waals surface area (Å²) in [6.45, 7) is 5.74. The minimum atomic E-state index is -1.15. The van der Waals surface area contributed by atoms with E-state index in [2.05, 4.69) is 5.32 Å². The predicted molar refractivity (Wildman–Crippen MR) is 91.8 cm³/mol. The van der Waals surface area contributed by atoms with Crippen molar-refractivity contribution in [1.82, 2.24) is 4.90 Å². The lowest BCUT2D eigenvalue weighted by molar-refractivity contribution is -0.143. The van der Waals surface area contributed by atoms with Crippen LogP contribution in [0.4, 0.5) is 5.00 Å². The molecule has 0 atom stereocenters. The number of nitrogens with zero attached hydrogens (tertiary/aromatic N) is 1. The lowest BCUT2D eigenvalue weighted by Gasteiger charge is -2.30. The van der Waals surface area contributed by atoms with E-state index in [-0.39, 0.29) is 36.9 Å². The second-order valence-electron chi connectivity index (χ2n) is 6.30. The number of thiophene rings is 1. The van der Waals surface area contributed by atoms with Gasteiger partial charge in [0.25, 0.3) is 0 Å². The summed E-state index contributed by atoms with van der Waals surface area (Å²) in [6, 6.07) is 0. The van der Waals surface area contributed by atoms with Crippen molar-refractivity contribution in [2.75, 3.05) is 25.0 Å². The molecule has 1 aliphatic rings. The molecular formula is C16H22N2O6S. The maximum Gasteiger partial charge on any atom is 0.339 e. The van der Waals surface area contributed by atoms with Crippen molar-refractivity contribution in [1.29, 1.82) is 0 Å². The number of aliphatic hydroxyl groups excluding tert-OH is 1. The molecule has 0 radical (unpaired) electrons. The minimum absolute atomic E-state index is 0.0164. The summed E-state index contributed by atoms with van der Waals surface area (Å²) in [4.78, 5) is 38.0. The summed E-state index contributed by atoms with van der Waals surface area (Å²) >= 11 is 1.11. The number of ether oxygens (including phenoxy) is 1. The zero-order valence-electron chi connectivity index (χ0n) is 14.4. The van der Waals surface area contributed by atoms with Crippen LogP contribution in [0.3, 0.4) is 0 Å². The number of rotatable bonds is 5. The van der Waals surface area contributed by atoms with E-state index in [1.165, 1.54) is 4.90 Å². The van der Waals surface area contributed by atoms with Crippen LogP contribution in [0.15, 0.2) is 0 Å². The number of carbonyl (C=O) groups is 3. The Morgan fingerprint density at radius 2 is 2.04 bits per heavy atom. The number of carboxylic acids is 1. The fourth-order valence-electron chi connectivity index (χ4n) is 2.69. The first-order valence-corrected chi connectivity index (χ1v) is 8.74. The fraction of sp³-hybridized carbons (Fsp3) is 0.562. The molecule has 0 fully saturated rings. The lowest BCUT2D eigenvalue weighted by Crippen LogP contribution is -2.41. The number of likely N-dealkylation sites (N-methyl/N-ethyl adjacent to an activating group) is 1. The van der Waals surface area contributed by atoms with Gasteiger partial charge >= 0.3 is 17.8 Å². The van der Waals surface area contributed by atoms with Crippen LogP contribution in [0.1, 0.15) is 41.6 Å². The fourth-order valence-corrected chi connectivity index (χ4v) is 3.81. The van der Waals surface area contributed by atoms with Crippen LogP contribution in [0, 0.1) is 0 Å². The number of anilines is 1. The van der Waals surface area contributed by atoms with Gasteiger partial charge in [-0.25, -0.2) is 4.79 Å². The van der Waals surface area contributed by atoms with Crippen LogP contribution in [-0.2, 0) is 27.4 Å². The predicted octanol–water partition coefficient (Wildman–Crippen LogP) is 1.08. The Labute approximate surface area is 149 Å². The third-order valence-electron chi connectivity index (χ3n) is 3.96. The Morgan fingerprint density at radius 1 is 1.36 bits per heavy atom. The average Bonchev–Trinajstić information content (AvgIpc) is 2.87. The second-order valence-corrected chi connectivity index (χ2v) is 7.41. The molecule has 0 unspecified atom stereocenters. The number of nitrogens with one attached hydrogen (secondary N) is 1. The number of fused-ring (bicyclic) bond motifs is 1. The SMILES string of the molecule is CCN(CCO)C(=O)C(=O)Nc1sc2c(c1C(=O)O)CC(C)(C)OC2. The Hall–Kier alpha value is -1.97. The molecule has 25 heavy (non-hydrogen) atoms. The molecular weight excluding hydrogens is 348 g/mol. The van der Waals surface area contributed by atoms with Crippen LogP contribution >= 0.6 is 11.3 Å². The van der Waals surface area contributed by atoms with Gasteiger partial charge in [0.2, 0.25) is 0 Å². The van der Waals surface area contributed by atoms with Gasteiger partial charge in [0.1, 0.15) is 5.00 Å². The molecule has 0 aromatic carbocycles. The molecule has 2 rings (SSSR count). The highest BCUT2D eigenvalue weighted by molar-refractivity contribution is 7.17. The Bertz CT molecular complexity index is 697. The van der Waals surface area contributed by atoms with Gasteiger partial charge in [-0.3, -0.25) is 9.59 Å². The second kappa shape index (κ2) is 7.51. The maximum absolute atomic E-state index is 12.2. The Morgan fingerprint density at radius 3 is 2.60 bits per heavy atom. The van der Waals surface area contributed by atoms with Gasteiger partial charge in [-0.05, 0) is 26.3 Å². The first-order valence-electron chi connectivity index (χ1n) is 7.93. The van der Waals surface area contributed by atoms with Crippen LogP contribution in [0.2, 0.25) is 0 Å². The Kier molecular flexibility index (Phi) is 5.81. The van der Waals surface area contributed by atoms with Gasteiger partial charge in [0.15, 0.2) is 0 Å². The first-order chi connectivity index (χ1) is 11.7. The summed E-state index contributed by atoms with van der Waals surface area (Å²) in [5.41, 5.74) is 0.164. The largest absolute Gasteiger partial charge is 0.478 e. The van der Waals surface area contributed by atoms with E-state index in [9.17, 15) is 19.5 Å². The molecule has 0 bridgehead atoms. The van der Waals surface area contributed by atoms with E-state index in [1.807, 2.05) is 13.8 Å². The molecule has 1 aromatic rings. The third kappa shape index (κ3) is 4.17. The van der Waals surface area contributed by atoms with Crippen LogP contribution in [-0.4, -0.2) is 58.2 Å². The first kappa shape index (κ1) is 19.4. The number of aliphatic hydroxyl groups is 1. The summed E-state index contributed by atoms with van der Waals surface area (Å²) < 4.78 is 5.68. The zero-order valence-corrected chi connectivity index (χ0v) is 15.2. The molecule has 9 heteroatoms. The summed E-state index contributed by atoms with van der Waals surface area (Å²) in [7, 11) is 0. The van der Waals surface area contributed by atoms with Crippen LogP contribution in [0.25, 0.3) is 0 Å². The van der Waals surface area contributed by atoms with Gasteiger partial charge in [-0.1, -0.05) is 0 Å². The van der Waals surface area contributed by atoms with Crippen molar-refractivity contribution in [3.63, 3.8) is 0 Å². The monoisotopic (exact) mass is 370 g/mol. The van der Waals surface area contributed by atoms with E-state index in [0.717, 1.165) is 16.2 Å². The molecule has 1 aromatic heterocycles. The maximum atomic E-state index is 12.2. The van der Waals surface area contributed by atoms with Crippen molar-refractivity contribution in [2.24, 2.45) is 0 Å². The quantitative estimate of drug-likeness (QED) is 0.668. The van der Waals surface area contributed by atoms with Crippen molar-refractivity contribution >= 4 is 34.1 Å². The lowest BCUT2D eigenvalue weighted by atomic mass is 9.93. The van der Waals surface area contributed by atoms with Gasteiger partial charge in [0, 0.05) is 24.4 Å². The van der Waals surface area contributed by atoms with Crippen molar-refractivity contribution in [3.8, 4) is 0 Å². The average molecular weight is 370 g/mol. The molecule has 2 heterocycles. The molecule has 1 aliphatic heterocycles. The van der Waals surface area contributed by atoms with Crippen LogP contribution < -0.4 is 5.32 Å². The molecule has 0 saturated carbocycles. The van der Waals surface area contributed by atoms with Crippen molar-refractivity contribution in [3.05, 3.63) is 16.0 Å². The number of aromatic carboxylic acids is 1. The van der Waals surface area contributed by atoms with Gasteiger partial charge in [-0.15, -0.1) is 11.3 Å². The molecule has 3 N–H and O–H groups in total. The molecule has 2 amide bonds. The standard InChI is InChI=1S/C16H22N2O6S/c1-4-18(5-6-19)14(21)12(20)17-13-11(15(22)23)9-7-16(2,3)24-8-10(9)25-13/h19H,4-8H2,1-3H3,(H,17,20)(H,22,23). The molecule has 8 nitrogen and oxygen atoms in total. The highest BCUT2D eigenvalue weighted by Crippen LogP contribution is 2.40. The summed E-state index contributed by atoms with van der Waals surface area (Å²) in [5.74, 6) is -2.88. The number of carboxylic acid groups (broad SMARTS) is 1. The molecule has 0 saturated heterocycles. The Balaban J connectivity index is 2.28. The van der Waals surface area contributed by atoms with E-state index in [4.69, 9.17) is 9.84 Å². The highest BCUT2D eigenvalue weighted by atomic mass is 32.1. The van der Waals surface area contributed by atoms with E-state index >= 15 is 0 Å². The topological polar surface area (TPSA) is 116 Å². The minimum Gasteiger partial charge on any atom is -0.478 e. The number of amides is 2. The number of hydrogen-bond donors (Lipinski definition) is 3. The smallest absolute Gasteiger partial charge is 0.339 e. The zero-order chi connectivity index (χ0) is 18.8. The van der Waals surface area contributed by atoms with Gasteiger partial charge in [-0.2, -0.15) is 0 Å². The van der Waals surface area contributed by atoms with E-state index < -0.39 is 23.4 Å². The van der Waals surface area contributed by atoms with Crippen molar-refractivity contribution in [2.45, 2.75) is 39.4 Å². The number of hydrogen-bond acceptors (Lipinski definition) is 6. The third-order valence-corrected chi connectivity index (χ3v) is 5.08.